The molecule has 2 aromatic heterocycles. The van der Waals surface area contributed by atoms with Crippen LogP contribution in [0, 0.1) is 13.8 Å². The molecule has 0 saturated carbocycles. The highest BCUT2D eigenvalue weighted by atomic mass is 32.2. The quantitative estimate of drug-likeness (QED) is 0.151. The minimum Gasteiger partial charge on any atom is -0.488 e. The molecule has 228 valence electrons. The van der Waals surface area contributed by atoms with Crippen LogP contribution in [0.2, 0.25) is 0 Å². The number of hydrogen-bond donors (Lipinski definition) is 1. The molecular formula is C37H40N2O4S. The molecule has 3 aromatic carbocycles. The summed E-state index contributed by atoms with van der Waals surface area (Å²) in [7, 11) is 1.61. The summed E-state index contributed by atoms with van der Waals surface area (Å²) in [5.74, 6) is 0.671. The van der Waals surface area contributed by atoms with Gasteiger partial charge in [0.2, 0.25) is 5.88 Å². The minimum atomic E-state index is -0.800. The Morgan fingerprint density at radius 1 is 0.955 bits per heavy atom. The summed E-state index contributed by atoms with van der Waals surface area (Å²) >= 11 is 1.80. The lowest BCUT2D eigenvalue weighted by atomic mass is 10.0. The largest absolute Gasteiger partial charge is 0.488 e. The number of aromatic nitrogens is 2. The van der Waals surface area contributed by atoms with Gasteiger partial charge in [-0.2, -0.15) is 0 Å². The van der Waals surface area contributed by atoms with E-state index in [1.165, 1.54) is 0 Å². The summed E-state index contributed by atoms with van der Waals surface area (Å²) in [6.45, 7) is 11.9. The first kappa shape index (κ1) is 31.2. The van der Waals surface area contributed by atoms with Gasteiger partial charge in [0.05, 0.1) is 19.0 Å². The van der Waals surface area contributed by atoms with Crippen LogP contribution in [0.5, 0.6) is 11.6 Å². The summed E-state index contributed by atoms with van der Waals surface area (Å²) in [6, 6.07) is 24.8. The van der Waals surface area contributed by atoms with Crippen LogP contribution < -0.4 is 9.47 Å². The molecule has 0 aliphatic heterocycles. The fourth-order valence-corrected chi connectivity index (χ4v) is 6.84. The molecule has 0 bridgehead atoms. The summed E-state index contributed by atoms with van der Waals surface area (Å²) in [5, 5.41) is 10.8. The Morgan fingerprint density at radius 2 is 1.66 bits per heavy atom. The topological polar surface area (TPSA) is 73.6 Å². The molecule has 5 rings (SSSR count). The van der Waals surface area contributed by atoms with E-state index in [1.54, 1.807) is 18.9 Å². The van der Waals surface area contributed by atoms with Crippen molar-refractivity contribution in [3.63, 3.8) is 0 Å². The molecule has 1 N–H and O–H groups in total. The zero-order chi connectivity index (χ0) is 31.4. The zero-order valence-electron chi connectivity index (χ0n) is 26.3. The average Bonchev–Trinajstić information content (AvgIpc) is 3.26. The van der Waals surface area contributed by atoms with Crippen molar-refractivity contribution >= 4 is 28.6 Å². The highest BCUT2D eigenvalue weighted by Gasteiger charge is 2.26. The van der Waals surface area contributed by atoms with E-state index in [1.807, 2.05) is 36.5 Å². The predicted molar refractivity (Wildman–Crippen MR) is 179 cm³/mol. The number of benzene rings is 3. The first-order valence-electron chi connectivity index (χ1n) is 14.9. The number of carbonyl (C=O) groups is 1. The number of hydrogen-bond acceptors (Lipinski definition) is 5. The molecule has 5 aromatic rings. The van der Waals surface area contributed by atoms with E-state index in [2.05, 4.69) is 86.6 Å². The highest BCUT2D eigenvalue weighted by molar-refractivity contribution is 8.00. The number of aryl methyl sites for hydroxylation is 2. The second-order valence-corrected chi connectivity index (χ2v) is 13.9. The summed E-state index contributed by atoms with van der Waals surface area (Å²) < 4.78 is 13.9. The van der Waals surface area contributed by atoms with Gasteiger partial charge in [0.15, 0.2) is 0 Å². The van der Waals surface area contributed by atoms with Crippen molar-refractivity contribution in [2.75, 3.05) is 7.11 Å². The number of thioether (sulfide) groups is 1. The lowest BCUT2D eigenvalue weighted by Crippen LogP contribution is -2.10. The number of aliphatic carboxylic acids is 1. The SMILES string of the molecule is COc1ccc(-c2ccc(Cn3c(CCC(=O)O)c(SC(C)(C)C)c4c(C)c(OCc5ccccc5)c(C)cc43)cc2)cn1. The summed E-state index contributed by atoms with van der Waals surface area (Å²) in [4.78, 5) is 17.3. The van der Waals surface area contributed by atoms with Crippen LogP contribution in [0.3, 0.4) is 0 Å². The van der Waals surface area contributed by atoms with Gasteiger partial charge < -0.3 is 19.1 Å². The molecular weight excluding hydrogens is 568 g/mol. The minimum absolute atomic E-state index is 0.0623. The number of nitrogens with zero attached hydrogens (tertiary/aromatic N) is 2. The van der Waals surface area contributed by atoms with Crippen molar-refractivity contribution in [2.24, 2.45) is 0 Å². The van der Waals surface area contributed by atoms with E-state index < -0.39 is 5.97 Å². The van der Waals surface area contributed by atoms with Gasteiger partial charge in [-0.1, -0.05) is 75.4 Å². The Balaban J connectivity index is 1.60. The molecule has 0 spiro atoms. The number of ether oxygens (including phenoxy) is 2. The van der Waals surface area contributed by atoms with E-state index in [0.717, 1.165) is 60.6 Å². The summed E-state index contributed by atoms with van der Waals surface area (Å²) in [5.41, 5.74) is 8.63. The maximum atomic E-state index is 11.8. The fraction of sp³-hybridized carbons (Fsp3) is 0.297. The van der Waals surface area contributed by atoms with Crippen LogP contribution in [0.15, 0.2) is 83.9 Å². The van der Waals surface area contributed by atoms with Gasteiger partial charge >= 0.3 is 5.97 Å². The standard InChI is InChI=1S/C37H40N2O4S/c1-24-20-31-34(25(2)35(24)43-23-27-10-8-7-9-11-27)36(44-37(3,4)5)30(17-19-33(40)41)39(31)22-26-12-14-28(15-13-26)29-16-18-32(42-6)38-21-29/h7-16,18,20-21H,17,19,22-23H2,1-6H3,(H,40,41). The maximum absolute atomic E-state index is 11.8. The van der Waals surface area contributed by atoms with Crippen molar-refractivity contribution in [1.82, 2.24) is 9.55 Å². The van der Waals surface area contributed by atoms with Crippen LogP contribution in [0.25, 0.3) is 22.0 Å². The number of carboxylic acids is 1. The van der Waals surface area contributed by atoms with Gasteiger partial charge in [0.25, 0.3) is 0 Å². The Morgan fingerprint density at radius 3 is 2.27 bits per heavy atom. The molecule has 0 fully saturated rings. The van der Waals surface area contributed by atoms with Gasteiger partial charge in [-0.25, -0.2) is 4.98 Å². The molecule has 0 aliphatic carbocycles. The van der Waals surface area contributed by atoms with Gasteiger partial charge in [-0.3, -0.25) is 4.79 Å². The summed E-state index contributed by atoms with van der Waals surface area (Å²) in [6.07, 6.45) is 2.32. The van der Waals surface area contributed by atoms with Crippen LogP contribution in [0.4, 0.5) is 0 Å². The second-order valence-electron chi connectivity index (χ2n) is 12.1. The monoisotopic (exact) mass is 608 g/mol. The molecule has 2 heterocycles. The highest BCUT2D eigenvalue weighted by Crippen LogP contribution is 2.46. The first-order chi connectivity index (χ1) is 21.0. The molecule has 7 heteroatoms. The van der Waals surface area contributed by atoms with E-state index >= 15 is 0 Å². The van der Waals surface area contributed by atoms with Crippen molar-refractivity contribution < 1.29 is 19.4 Å². The molecule has 0 radical (unpaired) electrons. The fourth-order valence-electron chi connectivity index (χ4n) is 5.54. The third-order valence-electron chi connectivity index (χ3n) is 7.57. The lowest BCUT2D eigenvalue weighted by molar-refractivity contribution is -0.137. The second kappa shape index (κ2) is 13.2. The molecule has 0 unspecified atom stereocenters. The maximum Gasteiger partial charge on any atom is 0.303 e. The van der Waals surface area contributed by atoms with E-state index in [9.17, 15) is 9.90 Å². The Bertz CT molecular complexity index is 1750. The normalized spacial score (nSPS) is 11.6. The number of fused-ring (bicyclic) bond motifs is 1. The van der Waals surface area contributed by atoms with E-state index in [4.69, 9.17) is 9.47 Å². The van der Waals surface area contributed by atoms with Gasteiger partial charge in [0, 0.05) is 50.7 Å². The number of carboxylic acid groups (broad SMARTS) is 1. The van der Waals surface area contributed by atoms with Crippen LogP contribution in [0.1, 0.15) is 55.1 Å². The Labute approximate surface area is 264 Å². The molecule has 0 saturated heterocycles. The van der Waals surface area contributed by atoms with Gasteiger partial charge in [-0.15, -0.1) is 11.8 Å². The first-order valence-corrected chi connectivity index (χ1v) is 15.7. The zero-order valence-corrected chi connectivity index (χ0v) is 27.1. The van der Waals surface area contributed by atoms with Crippen LogP contribution in [-0.2, 0) is 24.4 Å². The number of pyridine rings is 1. The van der Waals surface area contributed by atoms with Crippen molar-refractivity contribution in [1.29, 1.82) is 0 Å². The van der Waals surface area contributed by atoms with Crippen molar-refractivity contribution in [3.8, 4) is 22.8 Å². The molecule has 0 atom stereocenters. The Kier molecular flexibility index (Phi) is 9.35. The average molecular weight is 609 g/mol. The van der Waals surface area contributed by atoms with Crippen molar-refractivity contribution in [2.45, 2.75) is 70.3 Å². The molecule has 0 aliphatic rings. The third kappa shape index (κ3) is 7.11. The lowest BCUT2D eigenvalue weighted by Gasteiger charge is -2.20. The molecule has 44 heavy (non-hydrogen) atoms. The third-order valence-corrected chi connectivity index (χ3v) is 8.83. The predicted octanol–water partition coefficient (Wildman–Crippen LogP) is 8.86. The van der Waals surface area contributed by atoms with Crippen LogP contribution >= 0.6 is 11.8 Å². The van der Waals surface area contributed by atoms with E-state index in [-0.39, 0.29) is 11.2 Å². The smallest absolute Gasteiger partial charge is 0.303 e. The Hall–Kier alpha value is -4.23. The molecule has 0 amide bonds. The number of rotatable bonds is 11. The van der Waals surface area contributed by atoms with Gasteiger partial charge in [0.1, 0.15) is 12.4 Å². The number of methoxy groups -OCH3 is 1. The molecule has 6 nitrogen and oxygen atoms in total. The van der Waals surface area contributed by atoms with E-state index in [0.29, 0.717) is 25.5 Å². The van der Waals surface area contributed by atoms with Gasteiger partial charge in [-0.05, 0) is 54.7 Å². The van der Waals surface area contributed by atoms with Crippen molar-refractivity contribution in [3.05, 3.63) is 107 Å². The van der Waals surface area contributed by atoms with Crippen LogP contribution in [-0.4, -0.2) is 32.5 Å².